The second-order valence-corrected chi connectivity index (χ2v) is 7.51. The first-order valence-corrected chi connectivity index (χ1v) is 8.86. The molecule has 2 atom stereocenters. The van der Waals surface area contributed by atoms with Gasteiger partial charge in [0, 0.05) is 14.9 Å². The molecule has 2 aromatic carbocycles. The molecule has 0 nitrogen and oxygen atoms in total. The van der Waals surface area contributed by atoms with Gasteiger partial charge < -0.3 is 0 Å². The Morgan fingerprint density at radius 1 is 1.10 bits per heavy atom. The van der Waals surface area contributed by atoms with Gasteiger partial charge in [-0.3, -0.25) is 0 Å². The molecule has 0 fully saturated rings. The minimum Gasteiger partial charge on any atom is -0.117 e. The van der Waals surface area contributed by atoms with E-state index in [0.717, 1.165) is 15.4 Å². The van der Waals surface area contributed by atoms with E-state index in [1.165, 1.54) is 29.5 Å². The summed E-state index contributed by atoms with van der Waals surface area (Å²) in [6.45, 7) is 0. The predicted molar refractivity (Wildman–Crippen MR) is 92.6 cm³/mol. The Morgan fingerprint density at radius 2 is 1.90 bits per heavy atom. The monoisotopic (exact) mass is 412 g/mol. The van der Waals surface area contributed by atoms with Crippen molar-refractivity contribution in [1.29, 1.82) is 0 Å². The van der Waals surface area contributed by atoms with Crippen molar-refractivity contribution >= 4 is 43.5 Å². The third kappa shape index (κ3) is 2.84. The second-order valence-electron chi connectivity index (χ2n) is 5.27. The van der Waals surface area contributed by atoms with E-state index in [1.807, 2.05) is 6.07 Å². The van der Waals surface area contributed by atoms with Gasteiger partial charge in [0.15, 0.2) is 0 Å². The average Bonchev–Trinajstić information content (AvgIpc) is 2.48. The number of hydrogen-bond acceptors (Lipinski definition) is 0. The maximum Gasteiger partial charge on any atom is 0.0665 e. The van der Waals surface area contributed by atoms with Gasteiger partial charge in [-0.05, 0) is 54.2 Å². The molecule has 0 aliphatic heterocycles. The van der Waals surface area contributed by atoms with Crippen LogP contribution in [-0.4, -0.2) is 0 Å². The van der Waals surface area contributed by atoms with Crippen LogP contribution in [0.4, 0.5) is 0 Å². The summed E-state index contributed by atoms with van der Waals surface area (Å²) in [7, 11) is 0. The fourth-order valence-electron chi connectivity index (χ4n) is 3.04. The predicted octanol–water partition coefficient (Wildman–Crippen LogP) is 6.61. The molecular weight excluding hydrogens is 399 g/mol. The number of aryl methyl sites for hydroxylation is 1. The van der Waals surface area contributed by atoms with Gasteiger partial charge in [-0.2, -0.15) is 0 Å². The van der Waals surface area contributed by atoms with Crippen molar-refractivity contribution < 1.29 is 0 Å². The number of alkyl halides is 1. The molecular formula is C17H15Br2Cl. The molecule has 3 rings (SSSR count). The molecule has 0 heterocycles. The maximum atomic E-state index is 6.84. The van der Waals surface area contributed by atoms with E-state index in [1.54, 1.807) is 0 Å². The topological polar surface area (TPSA) is 0 Å². The van der Waals surface area contributed by atoms with E-state index in [4.69, 9.17) is 11.6 Å². The summed E-state index contributed by atoms with van der Waals surface area (Å²) in [5.74, 6) is 0.396. The van der Waals surface area contributed by atoms with Gasteiger partial charge in [0.25, 0.3) is 0 Å². The molecule has 0 bridgehead atoms. The first-order valence-electron chi connectivity index (χ1n) is 6.83. The van der Waals surface area contributed by atoms with Crippen LogP contribution < -0.4 is 0 Å². The zero-order valence-corrected chi connectivity index (χ0v) is 14.9. The SMILES string of the molecule is ClC(c1cc(Br)ccc1Br)C1CCCc2ccccc21. The van der Waals surface area contributed by atoms with E-state index < -0.39 is 0 Å². The minimum absolute atomic E-state index is 0.00308. The lowest BCUT2D eigenvalue weighted by atomic mass is 9.79. The van der Waals surface area contributed by atoms with Crippen molar-refractivity contribution in [3.05, 3.63) is 68.1 Å². The third-order valence-electron chi connectivity index (χ3n) is 4.02. The third-order valence-corrected chi connectivity index (χ3v) is 5.78. The van der Waals surface area contributed by atoms with E-state index in [0.29, 0.717) is 5.92 Å². The molecule has 1 aliphatic carbocycles. The lowest BCUT2D eigenvalue weighted by Crippen LogP contribution is -2.14. The summed E-state index contributed by atoms with van der Waals surface area (Å²) >= 11 is 14.0. The molecule has 0 saturated heterocycles. The lowest BCUT2D eigenvalue weighted by molar-refractivity contribution is 0.538. The molecule has 1 aliphatic rings. The molecule has 2 unspecified atom stereocenters. The van der Waals surface area contributed by atoms with Crippen molar-refractivity contribution in [3.8, 4) is 0 Å². The normalized spacial score (nSPS) is 19.4. The highest BCUT2D eigenvalue weighted by atomic mass is 79.9. The zero-order valence-electron chi connectivity index (χ0n) is 11.0. The number of rotatable bonds is 2. The van der Waals surface area contributed by atoms with Crippen molar-refractivity contribution in [2.24, 2.45) is 0 Å². The smallest absolute Gasteiger partial charge is 0.0665 e. The van der Waals surface area contributed by atoms with Crippen LogP contribution in [0, 0.1) is 0 Å². The number of fused-ring (bicyclic) bond motifs is 1. The molecule has 0 saturated carbocycles. The molecule has 0 spiro atoms. The highest BCUT2D eigenvalue weighted by molar-refractivity contribution is 9.11. The lowest BCUT2D eigenvalue weighted by Gasteiger charge is -2.30. The van der Waals surface area contributed by atoms with Crippen LogP contribution in [0.15, 0.2) is 51.4 Å². The Labute approximate surface area is 141 Å². The van der Waals surface area contributed by atoms with E-state index >= 15 is 0 Å². The van der Waals surface area contributed by atoms with Crippen LogP contribution in [0.1, 0.15) is 40.8 Å². The molecule has 0 N–H and O–H groups in total. The summed E-state index contributed by atoms with van der Waals surface area (Å²) in [4.78, 5) is 0. The highest BCUT2D eigenvalue weighted by Gasteiger charge is 2.28. The van der Waals surface area contributed by atoms with Crippen molar-refractivity contribution in [2.45, 2.75) is 30.6 Å². The summed E-state index contributed by atoms with van der Waals surface area (Å²) in [5, 5.41) is 0.00308. The van der Waals surface area contributed by atoms with Crippen LogP contribution in [0.3, 0.4) is 0 Å². The molecule has 0 radical (unpaired) electrons. The Morgan fingerprint density at radius 3 is 2.75 bits per heavy atom. The Kier molecular flexibility index (Phi) is 4.54. The summed E-state index contributed by atoms with van der Waals surface area (Å²) in [6, 6.07) is 14.9. The van der Waals surface area contributed by atoms with Gasteiger partial charge in [0.1, 0.15) is 0 Å². The van der Waals surface area contributed by atoms with Gasteiger partial charge in [-0.25, -0.2) is 0 Å². The fraction of sp³-hybridized carbons (Fsp3) is 0.294. The number of halogens is 3. The zero-order chi connectivity index (χ0) is 14.1. The van der Waals surface area contributed by atoms with Crippen LogP contribution >= 0.6 is 43.5 Å². The Bertz CT molecular complexity index is 624. The van der Waals surface area contributed by atoms with E-state index in [-0.39, 0.29) is 5.38 Å². The second kappa shape index (κ2) is 6.21. The fourth-order valence-corrected chi connectivity index (χ4v) is 4.48. The van der Waals surface area contributed by atoms with Gasteiger partial charge in [0.2, 0.25) is 0 Å². The number of benzene rings is 2. The molecule has 20 heavy (non-hydrogen) atoms. The molecule has 2 aromatic rings. The standard InChI is InChI=1S/C17H15Br2Cl/c18-12-8-9-16(19)15(10-12)17(20)14-7-3-5-11-4-1-2-6-13(11)14/h1-2,4,6,8-10,14,17H,3,5,7H2. The maximum absolute atomic E-state index is 6.84. The van der Waals surface area contributed by atoms with Crippen LogP contribution in [0.2, 0.25) is 0 Å². The first-order chi connectivity index (χ1) is 9.66. The summed E-state index contributed by atoms with van der Waals surface area (Å²) in [6.07, 6.45) is 3.55. The number of hydrogen-bond donors (Lipinski definition) is 0. The highest BCUT2D eigenvalue weighted by Crippen LogP contribution is 2.46. The average molecular weight is 415 g/mol. The Balaban J connectivity index is 1.99. The van der Waals surface area contributed by atoms with E-state index in [9.17, 15) is 0 Å². The molecule has 0 amide bonds. The van der Waals surface area contributed by atoms with Gasteiger partial charge in [-0.15, -0.1) is 11.6 Å². The largest absolute Gasteiger partial charge is 0.117 e. The summed E-state index contributed by atoms with van der Waals surface area (Å²) < 4.78 is 2.16. The first kappa shape index (κ1) is 14.6. The van der Waals surface area contributed by atoms with Crippen LogP contribution in [0.5, 0.6) is 0 Å². The van der Waals surface area contributed by atoms with Crippen molar-refractivity contribution in [3.63, 3.8) is 0 Å². The van der Waals surface area contributed by atoms with Gasteiger partial charge in [0.05, 0.1) is 5.38 Å². The minimum atomic E-state index is 0.00308. The quantitative estimate of drug-likeness (QED) is 0.485. The molecule has 104 valence electrons. The van der Waals surface area contributed by atoms with Gasteiger partial charge >= 0.3 is 0 Å². The van der Waals surface area contributed by atoms with E-state index in [2.05, 4.69) is 68.3 Å². The molecule has 0 aromatic heterocycles. The summed E-state index contributed by atoms with van der Waals surface area (Å²) in [5.41, 5.74) is 4.05. The molecule has 3 heteroatoms. The van der Waals surface area contributed by atoms with Crippen LogP contribution in [0.25, 0.3) is 0 Å². The van der Waals surface area contributed by atoms with Crippen molar-refractivity contribution in [2.75, 3.05) is 0 Å². The Hall–Kier alpha value is -0.310. The van der Waals surface area contributed by atoms with Crippen LogP contribution in [-0.2, 0) is 6.42 Å². The van der Waals surface area contributed by atoms with Gasteiger partial charge in [-0.1, -0.05) is 56.1 Å². The van der Waals surface area contributed by atoms with Crippen molar-refractivity contribution in [1.82, 2.24) is 0 Å².